The van der Waals surface area contributed by atoms with Crippen molar-refractivity contribution in [1.82, 2.24) is 0 Å². The molecule has 0 saturated carbocycles. The van der Waals surface area contributed by atoms with E-state index < -0.39 is 5.49 Å². The fourth-order valence-electron chi connectivity index (χ4n) is 4.68. The Bertz CT molecular complexity index is 1400. The third kappa shape index (κ3) is 7.95. The molecule has 0 fully saturated rings. The molecule has 1 aliphatic rings. The molecule has 0 unspecified atom stereocenters. The average Bonchev–Trinajstić information content (AvgIpc) is 3.64. The summed E-state index contributed by atoms with van der Waals surface area (Å²) in [6.45, 7) is 13.6. The molecule has 200 valence electrons. The van der Waals surface area contributed by atoms with Crippen LogP contribution in [0.15, 0.2) is 121 Å². The summed E-state index contributed by atoms with van der Waals surface area (Å²) < 4.78 is 0. The molecule has 6 rings (SSSR count). The van der Waals surface area contributed by atoms with E-state index in [0.717, 1.165) is 6.42 Å². The molecule has 0 spiro atoms. The maximum absolute atomic E-state index is 3.53. The van der Waals surface area contributed by atoms with Gasteiger partial charge >= 0.3 is 99.5 Å². The second-order valence-corrected chi connectivity index (χ2v) is 19.7. The van der Waals surface area contributed by atoms with Crippen molar-refractivity contribution in [3.8, 4) is 11.1 Å². The summed E-state index contributed by atoms with van der Waals surface area (Å²) in [5, 5.41) is 3.07. The molecule has 0 amide bonds. The van der Waals surface area contributed by atoms with Crippen LogP contribution in [-0.2, 0) is 40.3 Å². The van der Waals surface area contributed by atoms with Crippen LogP contribution in [0.5, 0.6) is 0 Å². The third-order valence-electron chi connectivity index (χ3n) is 7.21. The van der Waals surface area contributed by atoms with Crippen molar-refractivity contribution in [2.75, 3.05) is 0 Å². The van der Waals surface area contributed by atoms with Crippen LogP contribution in [-0.4, -0.2) is 5.49 Å². The van der Waals surface area contributed by atoms with Crippen LogP contribution in [0.4, 0.5) is 0 Å². The van der Waals surface area contributed by atoms with Crippen molar-refractivity contribution in [2.24, 2.45) is 0 Å². The molecule has 0 saturated heterocycles. The predicted octanol–water partition coefficient (Wildman–Crippen LogP) is 8.40. The van der Waals surface area contributed by atoms with Gasteiger partial charge in [-0.1, -0.05) is 76.3 Å². The maximum atomic E-state index is 3.53. The van der Waals surface area contributed by atoms with Crippen LogP contribution in [0.2, 0.25) is 0 Å². The molecule has 0 heterocycles. The van der Waals surface area contributed by atoms with E-state index in [-0.39, 0.29) is 10.8 Å². The summed E-state index contributed by atoms with van der Waals surface area (Å²) in [6.07, 6.45) is 1.03. The van der Waals surface area contributed by atoms with E-state index in [2.05, 4.69) is 139 Å². The molecule has 0 N–H and O–H groups in total. The van der Waals surface area contributed by atoms with Crippen LogP contribution in [0, 0.1) is 6.07 Å². The summed E-state index contributed by atoms with van der Waals surface area (Å²) in [4.78, 5) is 0. The van der Waals surface area contributed by atoms with E-state index in [9.17, 15) is 0 Å². The summed E-state index contributed by atoms with van der Waals surface area (Å²) in [6, 6.07) is 46.8. The Balaban J connectivity index is 0.000000166. The minimum Gasteiger partial charge on any atom is -0.214 e. The maximum Gasteiger partial charge on any atom is -0.172 e. The summed E-state index contributed by atoms with van der Waals surface area (Å²) in [5.74, 6) is 0. The Labute approximate surface area is 257 Å². The number of benzene rings is 4. The SMILES string of the molecule is CC(C)(C)c1c[c-]c2c(c1)-c1cc(C(C)(C)C)ccc1C2.[Hf+2]=[Si](c1ccccc1)c1ccccc1.c1cc[cH-]c1. The zero-order valence-electron chi connectivity index (χ0n) is 24.8. The average molecular weight is 703 g/mol. The van der Waals surface area contributed by atoms with Crippen molar-refractivity contribution in [1.29, 1.82) is 0 Å². The first-order chi connectivity index (χ1) is 19.0. The molecule has 0 aliphatic heterocycles. The zero-order chi connectivity index (χ0) is 28.8. The molecule has 0 bridgehead atoms. The molecule has 2 heteroatoms. The number of rotatable bonds is 2. The van der Waals surface area contributed by atoms with Gasteiger partial charge in [-0.15, -0.1) is 5.56 Å². The van der Waals surface area contributed by atoms with Gasteiger partial charge in [0.25, 0.3) is 0 Å². The number of fused-ring (bicyclic) bond motifs is 3. The number of hydrogen-bond donors (Lipinski definition) is 0. The van der Waals surface area contributed by atoms with Gasteiger partial charge in [0.1, 0.15) is 0 Å². The second-order valence-electron chi connectivity index (χ2n) is 12.4. The van der Waals surface area contributed by atoms with E-state index in [1.54, 1.807) is 0 Å². The fraction of sp³-hybridized carbons (Fsp3) is 0.237. The van der Waals surface area contributed by atoms with Crippen molar-refractivity contribution in [3.63, 3.8) is 0 Å². The van der Waals surface area contributed by atoms with Gasteiger partial charge in [-0.25, -0.2) is 12.1 Å². The van der Waals surface area contributed by atoms with Crippen LogP contribution in [0.25, 0.3) is 11.1 Å². The fourth-order valence-corrected chi connectivity index (χ4v) is 9.66. The van der Waals surface area contributed by atoms with Gasteiger partial charge in [-0.2, -0.15) is 47.5 Å². The molecule has 5 aromatic rings. The van der Waals surface area contributed by atoms with Crippen molar-refractivity contribution >= 4 is 15.9 Å². The van der Waals surface area contributed by atoms with Crippen LogP contribution < -0.4 is 10.4 Å². The van der Waals surface area contributed by atoms with Gasteiger partial charge in [0.15, 0.2) is 0 Å². The summed E-state index contributed by atoms with van der Waals surface area (Å²) >= 11 is 1.27. The van der Waals surface area contributed by atoms with Gasteiger partial charge < -0.3 is 0 Å². The van der Waals surface area contributed by atoms with E-state index >= 15 is 0 Å². The van der Waals surface area contributed by atoms with Crippen LogP contribution in [0.3, 0.4) is 0 Å². The minimum absolute atomic E-state index is 0.177. The molecular formula is C38H40HfSi. The van der Waals surface area contributed by atoms with Gasteiger partial charge in [0.2, 0.25) is 0 Å². The molecule has 0 aromatic heterocycles. The van der Waals surface area contributed by atoms with E-state index in [1.165, 1.54) is 66.8 Å². The molecule has 0 nitrogen and oxygen atoms in total. The molecule has 5 aromatic carbocycles. The van der Waals surface area contributed by atoms with Crippen molar-refractivity contribution < 1.29 is 23.0 Å². The Hall–Kier alpha value is -2.68. The number of hydrogen-bond acceptors (Lipinski definition) is 0. The molecule has 1 aliphatic carbocycles. The molecule has 0 radical (unpaired) electrons. The Morgan fingerprint density at radius 1 is 0.650 bits per heavy atom. The smallest absolute Gasteiger partial charge is 0.172 e. The Morgan fingerprint density at radius 3 is 1.65 bits per heavy atom. The normalized spacial score (nSPS) is 11.8. The molecule has 0 atom stereocenters. The van der Waals surface area contributed by atoms with Gasteiger partial charge in [-0.3, -0.25) is 0 Å². The zero-order valence-corrected chi connectivity index (χ0v) is 29.3. The van der Waals surface area contributed by atoms with E-state index in [0.29, 0.717) is 0 Å². The largest absolute Gasteiger partial charge is 0.214 e. The second kappa shape index (κ2) is 13.3. The first-order valence-electron chi connectivity index (χ1n) is 14.1. The van der Waals surface area contributed by atoms with Crippen LogP contribution in [0.1, 0.15) is 63.8 Å². The Morgan fingerprint density at radius 2 is 1.18 bits per heavy atom. The van der Waals surface area contributed by atoms with Gasteiger partial charge in [0.05, 0.1) is 0 Å². The third-order valence-corrected chi connectivity index (χ3v) is 15.3. The summed E-state index contributed by atoms with van der Waals surface area (Å²) in [5.41, 5.74) is 8.36. The standard InChI is InChI=1S/C21H25.C12H10Si.C5H5.Hf/c1-20(2,3)16-9-7-14-11-15-8-10-17(21(4,5)6)13-19(15)18(14)12-16;1-3-7-11(8-4-1)13-12-9-5-2-6-10-12;1-2-4-5-3-1;/h7,9-10,12-13H,11H2,1-6H3;1-10H;1-5H;/q-1;;-1;+2. The molecular weight excluding hydrogens is 663 g/mol. The summed E-state index contributed by atoms with van der Waals surface area (Å²) in [7, 11) is 0. The van der Waals surface area contributed by atoms with E-state index in [1.807, 2.05) is 30.3 Å². The first-order valence-corrected chi connectivity index (χ1v) is 21.0. The van der Waals surface area contributed by atoms with E-state index in [4.69, 9.17) is 0 Å². The minimum atomic E-state index is -0.406. The topological polar surface area (TPSA) is 0 Å². The first kappa shape index (κ1) is 30.3. The van der Waals surface area contributed by atoms with Crippen molar-refractivity contribution in [3.05, 3.63) is 150 Å². The molecule has 40 heavy (non-hydrogen) atoms. The van der Waals surface area contributed by atoms with Gasteiger partial charge in [-0.05, 0) is 17.4 Å². The van der Waals surface area contributed by atoms with Gasteiger partial charge in [0, 0.05) is 0 Å². The monoisotopic (exact) mass is 704 g/mol. The predicted molar refractivity (Wildman–Crippen MR) is 171 cm³/mol. The quantitative estimate of drug-likeness (QED) is 0.126. The van der Waals surface area contributed by atoms with Crippen molar-refractivity contribution in [2.45, 2.75) is 58.8 Å². The van der Waals surface area contributed by atoms with Crippen LogP contribution >= 0.6 is 0 Å². The Kier molecular flexibility index (Phi) is 10.1.